The third-order valence-corrected chi connectivity index (χ3v) is 6.26. The van der Waals surface area contributed by atoms with Crippen LogP contribution in [0.3, 0.4) is 0 Å². The summed E-state index contributed by atoms with van der Waals surface area (Å²) in [6, 6.07) is 5.69. The van der Waals surface area contributed by atoms with E-state index in [1.807, 2.05) is 18.2 Å². The Balaban J connectivity index is 1.64. The topological polar surface area (TPSA) is 71.0 Å². The van der Waals surface area contributed by atoms with Gasteiger partial charge in [0, 0.05) is 19.0 Å². The summed E-state index contributed by atoms with van der Waals surface area (Å²) in [6.07, 6.45) is 7.64. The number of unbranched alkanes of at least 4 members (excludes halogenated alkanes) is 4. The molecule has 2 aliphatic heterocycles. The average molecular weight is 419 g/mol. The molecule has 0 spiro atoms. The van der Waals surface area contributed by atoms with Crippen LogP contribution < -0.4 is 14.8 Å². The van der Waals surface area contributed by atoms with Crippen molar-refractivity contribution in [3.05, 3.63) is 23.8 Å². The number of carbonyl (C=O) groups is 1. The number of likely N-dealkylation sites (tertiary alicyclic amines) is 1. The second-order valence-corrected chi connectivity index (χ2v) is 8.67. The number of hydrogen-bond donors (Lipinski definition) is 2. The summed E-state index contributed by atoms with van der Waals surface area (Å²) in [6.45, 7) is 7.12. The lowest BCUT2D eigenvalue weighted by molar-refractivity contribution is -0.123. The van der Waals surface area contributed by atoms with E-state index in [1.54, 1.807) is 0 Å². The van der Waals surface area contributed by atoms with Crippen LogP contribution in [-0.4, -0.2) is 54.3 Å². The lowest BCUT2D eigenvalue weighted by Gasteiger charge is -2.31. The van der Waals surface area contributed by atoms with E-state index in [0.717, 1.165) is 31.4 Å². The smallest absolute Gasteiger partial charge is 0.220 e. The van der Waals surface area contributed by atoms with Crippen LogP contribution in [0.2, 0.25) is 0 Å². The summed E-state index contributed by atoms with van der Waals surface area (Å²) in [7, 11) is 0. The summed E-state index contributed by atoms with van der Waals surface area (Å²) < 4.78 is 11.3. The molecule has 3 rings (SSSR count). The Hall–Kier alpha value is -1.79. The van der Waals surface area contributed by atoms with Crippen LogP contribution in [0.15, 0.2) is 18.2 Å². The van der Waals surface area contributed by atoms with Crippen LogP contribution in [-0.2, 0) is 4.79 Å². The van der Waals surface area contributed by atoms with Gasteiger partial charge in [0.05, 0.1) is 6.04 Å². The van der Waals surface area contributed by atoms with Gasteiger partial charge < -0.3 is 19.9 Å². The lowest BCUT2D eigenvalue weighted by Crippen LogP contribution is -2.48. The number of rotatable bonds is 11. The number of aliphatic hydroxyl groups excluding tert-OH is 1. The highest BCUT2D eigenvalue weighted by atomic mass is 16.6. The Labute approximate surface area is 180 Å². The SMILES string of the molecule is CCCCCCCC(=O)N[C@H](CN1CCC[C@@H]1C)[C@H](O)c1ccc2c(c1)OCCO2. The molecular formula is C24H38N2O4. The van der Waals surface area contributed by atoms with E-state index < -0.39 is 6.10 Å². The Kier molecular flexibility index (Phi) is 8.82. The molecule has 0 aliphatic carbocycles. The molecule has 1 aromatic carbocycles. The van der Waals surface area contributed by atoms with Crippen molar-refractivity contribution < 1.29 is 19.4 Å². The maximum absolute atomic E-state index is 12.6. The molecule has 0 aromatic heterocycles. The van der Waals surface area contributed by atoms with Gasteiger partial charge in [-0.3, -0.25) is 9.69 Å². The van der Waals surface area contributed by atoms with Crippen molar-refractivity contribution >= 4 is 5.91 Å². The molecule has 2 heterocycles. The van der Waals surface area contributed by atoms with Crippen LogP contribution >= 0.6 is 0 Å². The van der Waals surface area contributed by atoms with Crippen molar-refractivity contribution in [3.63, 3.8) is 0 Å². The van der Waals surface area contributed by atoms with Gasteiger partial charge >= 0.3 is 0 Å². The molecule has 0 saturated carbocycles. The van der Waals surface area contributed by atoms with Crippen LogP contribution in [0, 0.1) is 0 Å². The van der Waals surface area contributed by atoms with E-state index in [2.05, 4.69) is 24.1 Å². The van der Waals surface area contributed by atoms with Gasteiger partial charge in [-0.2, -0.15) is 0 Å². The summed E-state index contributed by atoms with van der Waals surface area (Å²) in [4.78, 5) is 15.0. The van der Waals surface area contributed by atoms with Gasteiger partial charge in [0.25, 0.3) is 0 Å². The van der Waals surface area contributed by atoms with E-state index >= 15 is 0 Å². The molecule has 2 aliphatic rings. The molecule has 2 N–H and O–H groups in total. The monoisotopic (exact) mass is 418 g/mol. The largest absolute Gasteiger partial charge is 0.486 e. The second-order valence-electron chi connectivity index (χ2n) is 8.67. The molecule has 3 atom stereocenters. The van der Waals surface area contributed by atoms with E-state index in [4.69, 9.17) is 9.47 Å². The Morgan fingerprint density at radius 1 is 1.20 bits per heavy atom. The van der Waals surface area contributed by atoms with Crippen molar-refractivity contribution in [2.45, 2.75) is 83.4 Å². The molecule has 0 bridgehead atoms. The van der Waals surface area contributed by atoms with Crippen molar-refractivity contribution in [1.82, 2.24) is 10.2 Å². The highest BCUT2D eigenvalue weighted by molar-refractivity contribution is 5.76. The Morgan fingerprint density at radius 2 is 1.97 bits per heavy atom. The predicted octanol–water partition coefficient (Wildman–Crippen LogP) is 3.82. The maximum Gasteiger partial charge on any atom is 0.220 e. The first-order valence-electron chi connectivity index (χ1n) is 11.7. The number of amides is 1. The van der Waals surface area contributed by atoms with E-state index in [1.165, 1.54) is 25.7 Å². The molecule has 6 nitrogen and oxygen atoms in total. The fraction of sp³-hybridized carbons (Fsp3) is 0.708. The summed E-state index contributed by atoms with van der Waals surface area (Å²) in [5.41, 5.74) is 0.749. The summed E-state index contributed by atoms with van der Waals surface area (Å²) in [5, 5.41) is 14.3. The average Bonchev–Trinajstić information content (AvgIpc) is 3.16. The molecule has 0 unspecified atom stereocenters. The first-order chi connectivity index (χ1) is 14.6. The molecule has 1 aromatic rings. The Bertz CT molecular complexity index is 681. The van der Waals surface area contributed by atoms with Gasteiger partial charge in [0.2, 0.25) is 5.91 Å². The van der Waals surface area contributed by atoms with Crippen LogP contribution in [0.25, 0.3) is 0 Å². The molecule has 0 radical (unpaired) electrons. The number of aliphatic hydroxyl groups is 1. The standard InChI is InChI=1S/C24H38N2O4/c1-3-4-5-6-7-10-23(27)25-20(17-26-13-8-9-18(26)2)24(28)19-11-12-21-22(16-19)30-15-14-29-21/h11-12,16,18,20,24,28H,3-10,13-15,17H2,1-2H3,(H,25,27)/t18-,20+,24+/m0/s1. The zero-order valence-electron chi connectivity index (χ0n) is 18.6. The minimum atomic E-state index is -0.794. The van der Waals surface area contributed by atoms with Crippen molar-refractivity contribution in [2.75, 3.05) is 26.3 Å². The fourth-order valence-corrected chi connectivity index (χ4v) is 4.39. The number of carbonyl (C=O) groups excluding carboxylic acids is 1. The molecule has 1 fully saturated rings. The van der Waals surface area contributed by atoms with Crippen molar-refractivity contribution in [1.29, 1.82) is 0 Å². The van der Waals surface area contributed by atoms with Crippen LogP contribution in [0.5, 0.6) is 11.5 Å². The molecule has 1 saturated heterocycles. The third-order valence-electron chi connectivity index (χ3n) is 6.26. The van der Waals surface area contributed by atoms with Crippen LogP contribution in [0.4, 0.5) is 0 Å². The fourth-order valence-electron chi connectivity index (χ4n) is 4.39. The minimum Gasteiger partial charge on any atom is -0.486 e. The summed E-state index contributed by atoms with van der Waals surface area (Å²) >= 11 is 0. The molecular weight excluding hydrogens is 380 g/mol. The van der Waals surface area contributed by atoms with Gasteiger partial charge in [-0.25, -0.2) is 0 Å². The van der Waals surface area contributed by atoms with Gasteiger partial charge in [0.1, 0.15) is 19.3 Å². The first kappa shape index (κ1) is 22.9. The minimum absolute atomic E-state index is 0.0277. The zero-order valence-corrected chi connectivity index (χ0v) is 18.6. The highest BCUT2D eigenvalue weighted by Gasteiger charge is 2.30. The quantitative estimate of drug-likeness (QED) is 0.535. The van der Waals surface area contributed by atoms with E-state index in [0.29, 0.717) is 43.7 Å². The third kappa shape index (κ3) is 6.35. The van der Waals surface area contributed by atoms with E-state index in [-0.39, 0.29) is 11.9 Å². The number of hydrogen-bond acceptors (Lipinski definition) is 5. The van der Waals surface area contributed by atoms with E-state index in [9.17, 15) is 9.90 Å². The van der Waals surface area contributed by atoms with Gasteiger partial charge in [-0.05, 0) is 50.4 Å². The molecule has 30 heavy (non-hydrogen) atoms. The van der Waals surface area contributed by atoms with Gasteiger partial charge in [-0.15, -0.1) is 0 Å². The second kappa shape index (κ2) is 11.6. The zero-order chi connectivity index (χ0) is 21.3. The normalized spacial score (nSPS) is 20.7. The summed E-state index contributed by atoms with van der Waals surface area (Å²) in [5.74, 6) is 1.39. The molecule has 6 heteroatoms. The number of nitrogens with one attached hydrogen (secondary N) is 1. The number of benzene rings is 1. The highest BCUT2D eigenvalue weighted by Crippen LogP contribution is 2.33. The lowest BCUT2D eigenvalue weighted by atomic mass is 10.00. The van der Waals surface area contributed by atoms with Gasteiger partial charge in [-0.1, -0.05) is 38.7 Å². The number of nitrogens with zero attached hydrogens (tertiary/aromatic N) is 1. The number of ether oxygens (including phenoxy) is 2. The maximum atomic E-state index is 12.6. The first-order valence-corrected chi connectivity index (χ1v) is 11.7. The van der Waals surface area contributed by atoms with Crippen molar-refractivity contribution in [2.24, 2.45) is 0 Å². The van der Waals surface area contributed by atoms with Crippen LogP contribution in [0.1, 0.15) is 76.9 Å². The Morgan fingerprint density at radius 3 is 2.70 bits per heavy atom. The number of fused-ring (bicyclic) bond motifs is 1. The van der Waals surface area contributed by atoms with Crippen molar-refractivity contribution in [3.8, 4) is 11.5 Å². The van der Waals surface area contributed by atoms with Gasteiger partial charge in [0.15, 0.2) is 11.5 Å². The molecule has 168 valence electrons. The predicted molar refractivity (Wildman–Crippen MR) is 118 cm³/mol. The molecule has 1 amide bonds.